The van der Waals surface area contributed by atoms with Gasteiger partial charge in [-0.15, -0.1) is 0 Å². The fraction of sp³-hybridized carbons (Fsp3) is 1.00. The highest BCUT2D eigenvalue weighted by Crippen LogP contribution is 2.26. The van der Waals surface area contributed by atoms with Crippen LogP contribution < -0.4 is 0 Å². The van der Waals surface area contributed by atoms with Gasteiger partial charge >= 0.3 is 0 Å². The molecule has 0 bridgehead atoms. The second-order valence-corrected chi connectivity index (χ2v) is 7.97. The van der Waals surface area contributed by atoms with Gasteiger partial charge in [0.1, 0.15) is 12.2 Å². The summed E-state index contributed by atoms with van der Waals surface area (Å²) in [5, 5.41) is 38.9. The van der Waals surface area contributed by atoms with Crippen LogP contribution in [0.15, 0.2) is 0 Å². The summed E-state index contributed by atoms with van der Waals surface area (Å²) in [5.41, 5.74) is 0. The zero-order valence-corrected chi connectivity index (χ0v) is 15.6. The van der Waals surface area contributed by atoms with E-state index in [1.165, 1.54) is 25.7 Å². The van der Waals surface area contributed by atoms with Crippen LogP contribution in [0.1, 0.15) is 58.3 Å². The van der Waals surface area contributed by atoms with Crippen LogP contribution in [0, 0.1) is 5.92 Å². The molecule has 6 heteroatoms. The van der Waals surface area contributed by atoms with Gasteiger partial charge < -0.3 is 25.2 Å². The van der Waals surface area contributed by atoms with Crippen molar-refractivity contribution < 1.29 is 25.2 Å². The van der Waals surface area contributed by atoms with E-state index in [0.717, 1.165) is 38.2 Å². The third-order valence-corrected chi connectivity index (χ3v) is 5.80. The van der Waals surface area contributed by atoms with E-state index < -0.39 is 24.4 Å². The summed E-state index contributed by atoms with van der Waals surface area (Å²) in [6, 6.07) is -0.491. The largest absolute Gasteiger partial charge is 0.395 e. The predicted octanol–water partition coefficient (Wildman–Crippen LogP) is 0.901. The fourth-order valence-electron chi connectivity index (χ4n) is 4.19. The Balaban J connectivity index is 1.54. The Hall–Kier alpha value is -0.240. The topological polar surface area (TPSA) is 93.4 Å². The van der Waals surface area contributed by atoms with Crippen molar-refractivity contribution in [2.24, 2.45) is 5.92 Å². The zero-order chi connectivity index (χ0) is 18.2. The van der Waals surface area contributed by atoms with Crippen molar-refractivity contribution in [1.29, 1.82) is 0 Å². The monoisotopic (exact) mass is 359 g/mol. The van der Waals surface area contributed by atoms with Gasteiger partial charge in [-0.25, -0.2) is 0 Å². The zero-order valence-electron chi connectivity index (χ0n) is 15.6. The summed E-state index contributed by atoms with van der Waals surface area (Å²) in [4.78, 5) is 1.89. The Morgan fingerprint density at radius 1 is 1.00 bits per heavy atom. The first-order chi connectivity index (χ1) is 12.0. The Kier molecular flexibility index (Phi) is 9.10. The smallest absolute Gasteiger partial charge is 0.109 e. The van der Waals surface area contributed by atoms with E-state index in [2.05, 4.69) is 6.92 Å². The van der Waals surface area contributed by atoms with Crippen molar-refractivity contribution in [3.63, 3.8) is 0 Å². The first kappa shape index (κ1) is 21.1. The molecule has 2 rings (SSSR count). The molecule has 0 aromatic carbocycles. The number of ether oxygens (including phenoxy) is 1. The normalized spacial score (nSPS) is 37.3. The van der Waals surface area contributed by atoms with Crippen molar-refractivity contribution in [2.75, 3.05) is 26.3 Å². The standard InChI is InChI=1S/C19H37NO5/c1-14-7-6-8-15(11-14)25-10-5-3-2-4-9-20-12-17(22)19(24)18(23)16(20)13-21/h14-19,21-24H,2-13H2,1H3/t14?,15?,16-,17+,18-,19-/m1/s1. The molecule has 0 spiro atoms. The van der Waals surface area contributed by atoms with Gasteiger partial charge in [-0.3, -0.25) is 4.90 Å². The molecule has 25 heavy (non-hydrogen) atoms. The van der Waals surface area contributed by atoms with Gasteiger partial charge in [-0.05, 0) is 38.1 Å². The van der Waals surface area contributed by atoms with Crippen LogP contribution >= 0.6 is 0 Å². The summed E-state index contributed by atoms with van der Waals surface area (Å²) in [7, 11) is 0. The van der Waals surface area contributed by atoms with E-state index in [0.29, 0.717) is 19.2 Å². The van der Waals surface area contributed by atoms with E-state index in [4.69, 9.17) is 4.74 Å². The lowest BCUT2D eigenvalue weighted by Gasteiger charge is -2.43. The first-order valence-corrected chi connectivity index (χ1v) is 10.0. The minimum absolute atomic E-state index is 0.210. The number of nitrogens with zero attached hydrogens (tertiary/aromatic N) is 1. The molecule has 1 aliphatic carbocycles. The third kappa shape index (κ3) is 6.45. The number of piperidine rings is 1. The summed E-state index contributed by atoms with van der Waals surface area (Å²) in [6.45, 7) is 3.95. The molecule has 0 aromatic rings. The van der Waals surface area contributed by atoms with Crippen molar-refractivity contribution in [1.82, 2.24) is 4.90 Å². The molecule has 1 saturated heterocycles. The summed E-state index contributed by atoms with van der Waals surface area (Å²) < 4.78 is 5.99. The number of unbranched alkanes of at least 4 members (excludes halogenated alkanes) is 3. The quantitative estimate of drug-likeness (QED) is 0.457. The van der Waals surface area contributed by atoms with Crippen LogP contribution in [-0.2, 0) is 4.74 Å². The predicted molar refractivity (Wildman–Crippen MR) is 96.3 cm³/mol. The highest BCUT2D eigenvalue weighted by atomic mass is 16.5. The maximum atomic E-state index is 9.97. The summed E-state index contributed by atoms with van der Waals surface area (Å²) >= 11 is 0. The van der Waals surface area contributed by atoms with Gasteiger partial charge in [0, 0.05) is 13.2 Å². The van der Waals surface area contributed by atoms with E-state index >= 15 is 0 Å². The third-order valence-electron chi connectivity index (χ3n) is 5.80. The van der Waals surface area contributed by atoms with Gasteiger partial charge in [-0.1, -0.05) is 32.6 Å². The Morgan fingerprint density at radius 3 is 2.48 bits per heavy atom. The fourth-order valence-corrected chi connectivity index (χ4v) is 4.19. The minimum Gasteiger partial charge on any atom is -0.395 e. The summed E-state index contributed by atoms with van der Waals surface area (Å²) in [5.74, 6) is 0.798. The second kappa shape index (κ2) is 10.8. The number of aliphatic hydroxyl groups excluding tert-OH is 4. The van der Waals surface area contributed by atoms with Gasteiger partial charge in [0.15, 0.2) is 0 Å². The van der Waals surface area contributed by atoms with Crippen LogP contribution in [0.5, 0.6) is 0 Å². The maximum Gasteiger partial charge on any atom is 0.109 e. The molecule has 2 fully saturated rings. The van der Waals surface area contributed by atoms with Gasteiger partial charge in [0.25, 0.3) is 0 Å². The molecular formula is C19H37NO5. The van der Waals surface area contributed by atoms with Gasteiger partial charge in [0.05, 0.1) is 24.9 Å². The molecule has 1 saturated carbocycles. The number of hydrogen-bond acceptors (Lipinski definition) is 6. The van der Waals surface area contributed by atoms with Gasteiger partial charge in [0.2, 0.25) is 0 Å². The molecule has 1 aliphatic heterocycles. The highest BCUT2D eigenvalue weighted by molar-refractivity contribution is 4.93. The van der Waals surface area contributed by atoms with E-state index in [9.17, 15) is 20.4 Å². The molecule has 0 amide bonds. The number of β-amino-alcohol motifs (C(OH)–C–C–N with tert-alkyl or cyclic N) is 1. The van der Waals surface area contributed by atoms with Crippen molar-refractivity contribution in [2.45, 2.75) is 88.7 Å². The first-order valence-electron chi connectivity index (χ1n) is 10.0. The van der Waals surface area contributed by atoms with Crippen LogP contribution in [0.4, 0.5) is 0 Å². The lowest BCUT2D eigenvalue weighted by molar-refractivity contribution is -0.145. The van der Waals surface area contributed by atoms with Crippen LogP contribution in [0.25, 0.3) is 0 Å². The lowest BCUT2D eigenvalue weighted by atomic mass is 9.89. The SMILES string of the molecule is CC1CCCC(OCCCCCCN2C[C@H](O)[C@@H](O)[C@H](O)[C@H]2CO)C1. The van der Waals surface area contributed by atoms with Gasteiger partial charge in [-0.2, -0.15) is 0 Å². The van der Waals surface area contributed by atoms with Crippen LogP contribution in [0.2, 0.25) is 0 Å². The molecule has 2 unspecified atom stereocenters. The maximum absolute atomic E-state index is 9.97. The van der Waals surface area contributed by atoms with Crippen LogP contribution in [0.3, 0.4) is 0 Å². The molecule has 2 aliphatic rings. The molecule has 1 heterocycles. The Bertz CT molecular complexity index is 370. The highest BCUT2D eigenvalue weighted by Gasteiger charge is 2.40. The van der Waals surface area contributed by atoms with E-state index in [1.54, 1.807) is 0 Å². The van der Waals surface area contributed by atoms with Crippen molar-refractivity contribution in [3.8, 4) is 0 Å². The van der Waals surface area contributed by atoms with Crippen LogP contribution in [-0.4, -0.2) is 82.1 Å². The molecule has 4 N–H and O–H groups in total. The summed E-state index contributed by atoms with van der Waals surface area (Å²) in [6.07, 6.45) is 6.46. The van der Waals surface area contributed by atoms with E-state index in [-0.39, 0.29) is 6.61 Å². The number of hydrogen-bond donors (Lipinski definition) is 4. The second-order valence-electron chi connectivity index (χ2n) is 7.97. The Morgan fingerprint density at radius 2 is 1.76 bits per heavy atom. The average Bonchev–Trinajstić information content (AvgIpc) is 2.59. The van der Waals surface area contributed by atoms with Crippen molar-refractivity contribution >= 4 is 0 Å². The average molecular weight is 360 g/mol. The molecule has 6 nitrogen and oxygen atoms in total. The molecule has 148 valence electrons. The molecular weight excluding hydrogens is 322 g/mol. The molecule has 6 atom stereocenters. The van der Waals surface area contributed by atoms with Crippen molar-refractivity contribution in [3.05, 3.63) is 0 Å². The Labute approximate surface area is 151 Å². The number of rotatable bonds is 9. The number of likely N-dealkylation sites (tertiary alicyclic amines) is 1. The molecule has 0 aromatic heterocycles. The van der Waals surface area contributed by atoms with E-state index in [1.807, 2.05) is 4.90 Å². The number of aliphatic hydroxyl groups is 4. The lowest BCUT2D eigenvalue weighted by Crippen LogP contribution is -2.62. The minimum atomic E-state index is -1.17. The molecule has 0 radical (unpaired) electrons.